The average molecular weight is 388 g/mol. The maximum absolute atomic E-state index is 13.2. The number of nitrogens with one attached hydrogen (secondary N) is 2. The summed E-state index contributed by atoms with van der Waals surface area (Å²) in [6.07, 6.45) is 3.59. The minimum atomic E-state index is -0.505. The normalized spacial score (nSPS) is 10.5. The van der Waals surface area contributed by atoms with Crippen LogP contribution in [-0.2, 0) is 6.42 Å². The van der Waals surface area contributed by atoms with Crippen LogP contribution in [0.25, 0.3) is 0 Å². The first kappa shape index (κ1) is 18.8. The zero-order valence-electron chi connectivity index (χ0n) is 14.2. The van der Waals surface area contributed by atoms with Gasteiger partial charge in [0.05, 0.1) is 22.5 Å². The number of nitrogens with zero attached hydrogens (tertiary/aromatic N) is 1. The molecule has 0 radical (unpaired) electrons. The molecule has 0 atom stereocenters. The first-order chi connectivity index (χ1) is 13.0. The molecular weight excluding hydrogens is 372 g/mol. The summed E-state index contributed by atoms with van der Waals surface area (Å²) in [5.41, 5.74) is 2.46. The molecule has 27 heavy (non-hydrogen) atoms. The fourth-order valence-corrected chi connectivity index (χ4v) is 2.63. The van der Waals surface area contributed by atoms with Gasteiger partial charge in [-0.2, -0.15) is 0 Å². The third kappa shape index (κ3) is 5.24. The fourth-order valence-electron chi connectivity index (χ4n) is 2.45. The molecule has 4 nitrogen and oxygen atoms in total. The van der Waals surface area contributed by atoms with Gasteiger partial charge in [0.25, 0.3) is 5.91 Å². The molecule has 138 valence electrons. The van der Waals surface area contributed by atoms with Crippen LogP contribution in [0.15, 0.2) is 60.9 Å². The van der Waals surface area contributed by atoms with E-state index < -0.39 is 5.82 Å². The van der Waals surface area contributed by atoms with E-state index in [9.17, 15) is 13.6 Å². The predicted octanol–water partition coefficient (Wildman–Crippen LogP) is 4.73. The van der Waals surface area contributed by atoms with Crippen molar-refractivity contribution in [1.82, 2.24) is 10.3 Å². The molecule has 1 heterocycles. The molecule has 0 spiro atoms. The highest BCUT2D eigenvalue weighted by atomic mass is 35.5. The van der Waals surface area contributed by atoms with Crippen molar-refractivity contribution in [3.63, 3.8) is 0 Å². The summed E-state index contributed by atoms with van der Waals surface area (Å²) in [5, 5.41) is 5.83. The Kier molecular flexibility index (Phi) is 5.98. The monoisotopic (exact) mass is 387 g/mol. The Balaban J connectivity index is 1.59. The largest absolute Gasteiger partial charge is 0.354 e. The Bertz CT molecular complexity index is 948. The molecule has 3 rings (SSSR count). The maximum atomic E-state index is 13.2. The van der Waals surface area contributed by atoms with Crippen molar-refractivity contribution in [2.45, 2.75) is 6.42 Å². The quantitative estimate of drug-likeness (QED) is 0.643. The molecule has 0 aliphatic rings. The van der Waals surface area contributed by atoms with Gasteiger partial charge >= 0.3 is 0 Å². The van der Waals surface area contributed by atoms with Crippen LogP contribution in [0.1, 0.15) is 15.9 Å². The second-order valence-electron chi connectivity index (χ2n) is 5.85. The number of amides is 1. The van der Waals surface area contributed by atoms with E-state index in [1.807, 2.05) is 0 Å². The highest BCUT2D eigenvalue weighted by molar-refractivity contribution is 6.31. The Morgan fingerprint density at radius 1 is 1.00 bits per heavy atom. The summed E-state index contributed by atoms with van der Waals surface area (Å²) in [6.45, 7) is 0.412. The Morgan fingerprint density at radius 3 is 2.52 bits per heavy atom. The van der Waals surface area contributed by atoms with Crippen molar-refractivity contribution in [3.05, 3.63) is 88.7 Å². The second-order valence-corrected chi connectivity index (χ2v) is 6.26. The molecule has 0 bridgehead atoms. The minimum Gasteiger partial charge on any atom is -0.354 e. The van der Waals surface area contributed by atoms with Crippen molar-refractivity contribution in [2.24, 2.45) is 0 Å². The van der Waals surface area contributed by atoms with Gasteiger partial charge in [-0.1, -0.05) is 23.7 Å². The zero-order valence-corrected chi connectivity index (χ0v) is 14.9. The van der Waals surface area contributed by atoms with Gasteiger partial charge in [-0.05, 0) is 48.4 Å². The average Bonchev–Trinajstić information content (AvgIpc) is 2.66. The van der Waals surface area contributed by atoms with E-state index in [1.54, 1.807) is 24.4 Å². The molecule has 0 aliphatic carbocycles. The van der Waals surface area contributed by atoms with Crippen LogP contribution in [-0.4, -0.2) is 17.4 Å². The van der Waals surface area contributed by atoms with Gasteiger partial charge in [0.15, 0.2) is 0 Å². The highest BCUT2D eigenvalue weighted by Crippen LogP contribution is 2.22. The van der Waals surface area contributed by atoms with E-state index in [4.69, 9.17) is 11.6 Å². The van der Waals surface area contributed by atoms with E-state index in [0.29, 0.717) is 29.9 Å². The van der Waals surface area contributed by atoms with Crippen LogP contribution < -0.4 is 10.6 Å². The smallest absolute Gasteiger partial charge is 0.252 e. The van der Waals surface area contributed by atoms with Crippen LogP contribution in [0.2, 0.25) is 5.02 Å². The fraction of sp³-hybridized carbons (Fsp3) is 0.100. The zero-order chi connectivity index (χ0) is 19.2. The van der Waals surface area contributed by atoms with Gasteiger partial charge in [-0.25, -0.2) is 8.78 Å². The van der Waals surface area contributed by atoms with Crippen LogP contribution in [0.3, 0.4) is 0 Å². The summed E-state index contributed by atoms with van der Waals surface area (Å²) >= 11 is 5.76. The van der Waals surface area contributed by atoms with Crippen LogP contribution in [0.5, 0.6) is 0 Å². The maximum Gasteiger partial charge on any atom is 0.252 e. The first-order valence-corrected chi connectivity index (χ1v) is 8.59. The van der Waals surface area contributed by atoms with Crippen molar-refractivity contribution in [3.8, 4) is 0 Å². The van der Waals surface area contributed by atoms with E-state index in [-0.39, 0.29) is 16.7 Å². The summed E-state index contributed by atoms with van der Waals surface area (Å²) < 4.78 is 26.1. The molecular formula is C20H16ClF2N3O. The van der Waals surface area contributed by atoms with Crippen molar-refractivity contribution in [2.75, 3.05) is 11.9 Å². The van der Waals surface area contributed by atoms with Crippen LogP contribution in [0, 0.1) is 11.6 Å². The molecule has 1 aromatic heterocycles. The molecule has 0 saturated heterocycles. The standard InChI is InChI=1S/C20H16ClF2N3O/c21-18-10-16(5-6-19(18)23)26-17-9-14(11-24-12-17)20(27)25-8-7-13-1-3-15(22)4-2-13/h1-6,9-12,26H,7-8H2,(H,25,27). The minimum absolute atomic E-state index is 0.00245. The Morgan fingerprint density at radius 2 is 1.78 bits per heavy atom. The molecule has 0 fully saturated rings. The number of hydrogen-bond acceptors (Lipinski definition) is 3. The summed E-state index contributed by atoms with van der Waals surface area (Å²) in [4.78, 5) is 16.3. The molecule has 0 aliphatic heterocycles. The van der Waals surface area contributed by atoms with Crippen molar-refractivity contribution in [1.29, 1.82) is 0 Å². The number of anilines is 2. The third-order valence-corrected chi connectivity index (χ3v) is 4.11. The summed E-state index contributed by atoms with van der Waals surface area (Å²) in [7, 11) is 0. The Hall–Kier alpha value is -2.99. The number of benzene rings is 2. The molecule has 0 unspecified atom stereocenters. The second kappa shape index (κ2) is 8.60. The predicted molar refractivity (Wildman–Crippen MR) is 101 cm³/mol. The van der Waals surface area contributed by atoms with Crippen LogP contribution >= 0.6 is 11.6 Å². The molecule has 2 N–H and O–H groups in total. The number of hydrogen-bond donors (Lipinski definition) is 2. The molecule has 0 saturated carbocycles. The van der Waals surface area contributed by atoms with Gasteiger partial charge in [-0.3, -0.25) is 9.78 Å². The number of aromatic nitrogens is 1. The SMILES string of the molecule is O=C(NCCc1ccc(F)cc1)c1cncc(Nc2ccc(F)c(Cl)c2)c1. The van der Waals surface area contributed by atoms with Crippen LogP contribution in [0.4, 0.5) is 20.2 Å². The van der Waals surface area contributed by atoms with Gasteiger partial charge < -0.3 is 10.6 Å². The molecule has 7 heteroatoms. The number of rotatable bonds is 6. The lowest BCUT2D eigenvalue weighted by molar-refractivity contribution is 0.0954. The molecule has 1 amide bonds. The lowest BCUT2D eigenvalue weighted by atomic mass is 10.1. The number of carbonyl (C=O) groups is 1. The number of pyridine rings is 1. The van der Waals surface area contributed by atoms with E-state index in [2.05, 4.69) is 15.6 Å². The van der Waals surface area contributed by atoms with Gasteiger partial charge in [0.2, 0.25) is 0 Å². The van der Waals surface area contributed by atoms with Crippen molar-refractivity contribution >= 4 is 28.9 Å². The lowest BCUT2D eigenvalue weighted by Crippen LogP contribution is -2.25. The summed E-state index contributed by atoms with van der Waals surface area (Å²) in [6, 6.07) is 12.0. The van der Waals surface area contributed by atoms with E-state index >= 15 is 0 Å². The molecule has 2 aromatic carbocycles. The third-order valence-electron chi connectivity index (χ3n) is 3.82. The number of carbonyl (C=O) groups excluding carboxylic acids is 1. The number of halogens is 3. The van der Waals surface area contributed by atoms with E-state index in [1.165, 1.54) is 36.5 Å². The van der Waals surface area contributed by atoms with Gasteiger partial charge in [0.1, 0.15) is 11.6 Å². The Labute approximate surface area is 160 Å². The van der Waals surface area contributed by atoms with Gasteiger partial charge in [-0.15, -0.1) is 0 Å². The first-order valence-electron chi connectivity index (χ1n) is 8.21. The van der Waals surface area contributed by atoms with E-state index in [0.717, 1.165) is 5.56 Å². The highest BCUT2D eigenvalue weighted by Gasteiger charge is 2.08. The topological polar surface area (TPSA) is 54.0 Å². The summed E-state index contributed by atoms with van der Waals surface area (Å²) in [5.74, 6) is -1.07. The van der Waals surface area contributed by atoms with Crippen molar-refractivity contribution < 1.29 is 13.6 Å². The molecule has 3 aromatic rings. The lowest BCUT2D eigenvalue weighted by Gasteiger charge is -2.09. The van der Waals surface area contributed by atoms with Gasteiger partial charge in [0, 0.05) is 18.4 Å².